The SMILES string of the molecule is CC(C)(C)OC(=O)[C@@H](N)c1ccccc1-c1ccccc1C(=O)[O-]. The lowest BCUT2D eigenvalue weighted by atomic mass is 9.92. The van der Waals surface area contributed by atoms with Gasteiger partial charge >= 0.3 is 5.97 Å². The van der Waals surface area contributed by atoms with Crippen LogP contribution in [-0.2, 0) is 9.53 Å². The average molecular weight is 326 g/mol. The number of hydrogen-bond donors (Lipinski definition) is 1. The summed E-state index contributed by atoms with van der Waals surface area (Å²) in [7, 11) is 0. The Bertz CT molecular complexity index is 762. The number of carbonyl (C=O) groups is 2. The van der Waals surface area contributed by atoms with Gasteiger partial charge in [0.05, 0.1) is 5.97 Å². The molecule has 1 atom stereocenters. The highest BCUT2D eigenvalue weighted by molar-refractivity contribution is 5.96. The Labute approximate surface area is 141 Å². The summed E-state index contributed by atoms with van der Waals surface area (Å²) >= 11 is 0. The van der Waals surface area contributed by atoms with Gasteiger partial charge in [-0.15, -0.1) is 0 Å². The van der Waals surface area contributed by atoms with Crippen molar-refractivity contribution < 1.29 is 19.4 Å². The van der Waals surface area contributed by atoms with E-state index in [0.717, 1.165) is 0 Å². The lowest BCUT2D eigenvalue weighted by Gasteiger charge is -2.23. The third-order valence-corrected chi connectivity index (χ3v) is 3.39. The fraction of sp³-hybridized carbons (Fsp3) is 0.263. The summed E-state index contributed by atoms with van der Waals surface area (Å²) in [5, 5.41) is 11.4. The molecular formula is C19H20NO4-. The van der Waals surface area contributed by atoms with Crippen molar-refractivity contribution in [2.45, 2.75) is 32.4 Å². The van der Waals surface area contributed by atoms with E-state index in [4.69, 9.17) is 10.5 Å². The van der Waals surface area contributed by atoms with Gasteiger partial charge in [-0.1, -0.05) is 48.5 Å². The van der Waals surface area contributed by atoms with Crippen LogP contribution in [0.2, 0.25) is 0 Å². The molecule has 5 heteroatoms. The van der Waals surface area contributed by atoms with Crippen molar-refractivity contribution in [3.63, 3.8) is 0 Å². The summed E-state index contributed by atoms with van der Waals surface area (Å²) in [5.74, 6) is -1.85. The third-order valence-electron chi connectivity index (χ3n) is 3.39. The number of ether oxygens (including phenoxy) is 1. The van der Waals surface area contributed by atoms with E-state index in [2.05, 4.69) is 0 Å². The largest absolute Gasteiger partial charge is 0.545 e. The zero-order valence-corrected chi connectivity index (χ0v) is 13.9. The van der Waals surface area contributed by atoms with Gasteiger partial charge in [-0.2, -0.15) is 0 Å². The summed E-state index contributed by atoms with van der Waals surface area (Å²) < 4.78 is 5.33. The molecule has 5 nitrogen and oxygen atoms in total. The van der Waals surface area contributed by atoms with Crippen molar-refractivity contribution in [1.82, 2.24) is 0 Å². The second-order valence-electron chi connectivity index (χ2n) is 6.43. The quantitative estimate of drug-likeness (QED) is 0.868. The van der Waals surface area contributed by atoms with Gasteiger partial charge in [0.15, 0.2) is 0 Å². The smallest absolute Gasteiger partial charge is 0.328 e. The Morgan fingerprint density at radius 2 is 1.54 bits per heavy atom. The molecule has 0 amide bonds. The first-order valence-electron chi connectivity index (χ1n) is 7.59. The van der Waals surface area contributed by atoms with Crippen LogP contribution in [0.5, 0.6) is 0 Å². The fourth-order valence-corrected chi connectivity index (χ4v) is 2.40. The molecule has 0 aliphatic heterocycles. The molecule has 0 radical (unpaired) electrons. The average Bonchev–Trinajstić information content (AvgIpc) is 2.52. The molecule has 0 unspecified atom stereocenters. The van der Waals surface area contributed by atoms with E-state index in [9.17, 15) is 14.7 Å². The lowest BCUT2D eigenvalue weighted by molar-refractivity contribution is -0.254. The topological polar surface area (TPSA) is 92.5 Å². The van der Waals surface area contributed by atoms with Crippen molar-refractivity contribution in [3.05, 3.63) is 59.7 Å². The van der Waals surface area contributed by atoms with E-state index >= 15 is 0 Å². The first-order valence-corrected chi connectivity index (χ1v) is 7.59. The van der Waals surface area contributed by atoms with Crippen LogP contribution in [-0.4, -0.2) is 17.5 Å². The summed E-state index contributed by atoms with van der Waals surface area (Å²) in [4.78, 5) is 23.6. The lowest BCUT2D eigenvalue weighted by Crippen LogP contribution is -2.32. The molecule has 2 aromatic rings. The van der Waals surface area contributed by atoms with Crippen molar-refractivity contribution >= 4 is 11.9 Å². The van der Waals surface area contributed by atoms with Crippen LogP contribution >= 0.6 is 0 Å². The van der Waals surface area contributed by atoms with E-state index in [1.165, 1.54) is 6.07 Å². The monoisotopic (exact) mass is 326 g/mol. The number of carbonyl (C=O) groups excluding carboxylic acids is 2. The second kappa shape index (κ2) is 6.84. The molecule has 0 aliphatic carbocycles. The number of nitrogens with two attached hydrogens (primary N) is 1. The Morgan fingerprint density at radius 3 is 2.12 bits per heavy atom. The first-order chi connectivity index (χ1) is 11.2. The van der Waals surface area contributed by atoms with Crippen LogP contribution in [0.4, 0.5) is 0 Å². The van der Waals surface area contributed by atoms with Crippen LogP contribution in [0.3, 0.4) is 0 Å². The van der Waals surface area contributed by atoms with Crippen molar-refractivity contribution in [1.29, 1.82) is 0 Å². The van der Waals surface area contributed by atoms with Crippen molar-refractivity contribution in [2.24, 2.45) is 5.73 Å². The van der Waals surface area contributed by atoms with Gasteiger partial charge in [0.2, 0.25) is 0 Å². The van der Waals surface area contributed by atoms with Gasteiger partial charge in [0.1, 0.15) is 11.6 Å². The molecule has 0 saturated heterocycles. The molecule has 0 fully saturated rings. The molecule has 0 heterocycles. The number of aromatic carboxylic acids is 1. The Morgan fingerprint density at radius 1 is 1.00 bits per heavy atom. The second-order valence-corrected chi connectivity index (χ2v) is 6.43. The number of hydrogen-bond acceptors (Lipinski definition) is 5. The highest BCUT2D eigenvalue weighted by Crippen LogP contribution is 2.31. The van der Waals surface area contributed by atoms with Crippen LogP contribution in [0.25, 0.3) is 11.1 Å². The molecule has 0 aliphatic rings. The van der Waals surface area contributed by atoms with Crippen LogP contribution in [0.15, 0.2) is 48.5 Å². The molecule has 0 aromatic heterocycles. The normalized spacial score (nSPS) is 12.5. The molecular weight excluding hydrogens is 306 g/mol. The predicted octanol–water partition coefficient (Wildman–Crippen LogP) is 2.06. The summed E-state index contributed by atoms with van der Waals surface area (Å²) in [5.41, 5.74) is 6.97. The van der Waals surface area contributed by atoms with E-state index in [-0.39, 0.29) is 5.56 Å². The van der Waals surface area contributed by atoms with Crippen molar-refractivity contribution in [2.75, 3.05) is 0 Å². The highest BCUT2D eigenvalue weighted by Gasteiger charge is 2.25. The van der Waals surface area contributed by atoms with E-state index in [1.807, 2.05) is 0 Å². The van der Waals surface area contributed by atoms with E-state index < -0.39 is 23.6 Å². The standard InChI is InChI=1S/C19H21NO4/c1-19(2,3)24-18(23)16(20)14-10-6-4-8-12(14)13-9-5-7-11-15(13)17(21)22/h4-11,16H,20H2,1-3H3,(H,21,22)/p-1/t16-/m0/s1. The maximum atomic E-state index is 12.3. The minimum atomic E-state index is -1.29. The molecule has 0 saturated carbocycles. The Balaban J connectivity index is 2.49. The summed E-state index contributed by atoms with van der Waals surface area (Å²) in [6.45, 7) is 5.28. The van der Waals surface area contributed by atoms with E-state index in [1.54, 1.807) is 63.2 Å². The predicted molar refractivity (Wildman–Crippen MR) is 89.0 cm³/mol. The van der Waals surface area contributed by atoms with Gasteiger partial charge in [-0.05, 0) is 37.5 Å². The van der Waals surface area contributed by atoms with Gasteiger partial charge in [-0.3, -0.25) is 0 Å². The molecule has 2 rings (SSSR count). The molecule has 2 aromatic carbocycles. The van der Waals surface area contributed by atoms with Gasteiger partial charge in [0, 0.05) is 5.56 Å². The van der Waals surface area contributed by atoms with E-state index in [0.29, 0.717) is 16.7 Å². The number of carboxylic acids is 1. The van der Waals surface area contributed by atoms with Gasteiger partial charge < -0.3 is 20.4 Å². The fourth-order valence-electron chi connectivity index (χ4n) is 2.40. The first kappa shape index (κ1) is 17.7. The van der Waals surface area contributed by atoms with Crippen LogP contribution in [0, 0.1) is 0 Å². The molecule has 126 valence electrons. The number of esters is 1. The zero-order chi connectivity index (χ0) is 17.9. The summed E-state index contributed by atoms with van der Waals surface area (Å²) in [6.07, 6.45) is 0. The minimum Gasteiger partial charge on any atom is -0.545 e. The van der Waals surface area contributed by atoms with Crippen LogP contribution < -0.4 is 10.8 Å². The molecule has 0 spiro atoms. The number of carboxylic acid groups (broad SMARTS) is 1. The molecule has 2 N–H and O–H groups in total. The maximum absolute atomic E-state index is 12.3. The number of rotatable bonds is 4. The number of benzene rings is 2. The minimum absolute atomic E-state index is 0.0429. The maximum Gasteiger partial charge on any atom is 0.328 e. The third kappa shape index (κ3) is 4.00. The Kier molecular flexibility index (Phi) is 5.04. The highest BCUT2D eigenvalue weighted by atomic mass is 16.6. The zero-order valence-electron chi connectivity index (χ0n) is 13.9. The summed E-state index contributed by atoms with van der Waals surface area (Å²) in [6, 6.07) is 12.3. The van der Waals surface area contributed by atoms with Crippen LogP contribution in [0.1, 0.15) is 42.7 Å². The molecule has 0 bridgehead atoms. The van der Waals surface area contributed by atoms with Gasteiger partial charge in [0.25, 0.3) is 0 Å². The Hall–Kier alpha value is -2.66. The molecule has 24 heavy (non-hydrogen) atoms. The van der Waals surface area contributed by atoms with Gasteiger partial charge in [-0.25, -0.2) is 4.79 Å². The van der Waals surface area contributed by atoms with Crippen molar-refractivity contribution in [3.8, 4) is 11.1 Å².